The number of benzene rings is 3. The predicted molar refractivity (Wildman–Crippen MR) is 152 cm³/mol. The molecular weight excluding hydrogens is 579 g/mol. The highest BCUT2D eigenvalue weighted by atomic mass is 127. The topological polar surface area (TPSA) is 70.6 Å². The first-order valence-electron chi connectivity index (χ1n) is 12.7. The molecule has 4 aromatic rings. The summed E-state index contributed by atoms with van der Waals surface area (Å²) in [6.45, 7) is 2.52. The zero-order valence-corrected chi connectivity index (χ0v) is 22.6. The van der Waals surface area contributed by atoms with Gasteiger partial charge in [0.15, 0.2) is 0 Å². The number of halogens is 1. The summed E-state index contributed by atoms with van der Waals surface area (Å²) in [4.78, 5) is 32.6. The van der Waals surface area contributed by atoms with E-state index in [0.29, 0.717) is 26.2 Å². The van der Waals surface area contributed by atoms with Gasteiger partial charge in [0.05, 0.1) is 11.0 Å². The van der Waals surface area contributed by atoms with Crippen molar-refractivity contribution in [2.75, 3.05) is 26.2 Å². The van der Waals surface area contributed by atoms with Crippen LogP contribution in [0.2, 0.25) is 0 Å². The number of nitrogens with zero attached hydrogens (tertiary/aromatic N) is 3. The van der Waals surface area contributed by atoms with Crippen LogP contribution in [0.1, 0.15) is 30.0 Å². The number of nitrogens with one attached hydrogen (secondary N) is 1. The van der Waals surface area contributed by atoms with Crippen LogP contribution >= 0.6 is 22.6 Å². The second kappa shape index (κ2) is 9.98. The molecule has 2 aliphatic rings. The van der Waals surface area contributed by atoms with Crippen molar-refractivity contribution in [3.63, 3.8) is 0 Å². The minimum Gasteiger partial charge on any atom is -0.443 e. The van der Waals surface area contributed by atoms with Gasteiger partial charge >= 0.3 is 11.8 Å². The third-order valence-electron chi connectivity index (χ3n) is 7.58. The van der Waals surface area contributed by atoms with Crippen molar-refractivity contribution in [2.45, 2.75) is 28.5 Å². The van der Waals surface area contributed by atoms with Gasteiger partial charge in [0.25, 0.3) is 0 Å². The number of imidazole rings is 1. The molecule has 0 atom stereocenters. The molecular formula is C29H29IN4O3. The van der Waals surface area contributed by atoms with Gasteiger partial charge in [0, 0.05) is 32.2 Å². The first-order chi connectivity index (χ1) is 18.0. The van der Waals surface area contributed by atoms with Crippen LogP contribution in [-0.2, 0) is 8.28 Å². The number of hydrogen-bond donors (Lipinski definition) is 1. The molecule has 190 valence electrons. The molecule has 7 nitrogen and oxygen atoms in total. The molecule has 2 aliphatic heterocycles. The van der Waals surface area contributed by atoms with E-state index in [4.69, 9.17) is 4.74 Å². The minimum atomic E-state index is -0.325. The van der Waals surface area contributed by atoms with E-state index in [1.54, 1.807) is 4.90 Å². The summed E-state index contributed by atoms with van der Waals surface area (Å²) >= 11 is 2.53. The van der Waals surface area contributed by atoms with Crippen molar-refractivity contribution in [1.82, 2.24) is 19.4 Å². The Balaban J connectivity index is 1.08. The number of likely N-dealkylation sites (tertiary alicyclic amines) is 2. The Kier molecular flexibility index (Phi) is 6.54. The molecule has 37 heavy (non-hydrogen) atoms. The maximum Gasteiger partial charge on any atom is 0.410 e. The Morgan fingerprint density at radius 3 is 2.05 bits per heavy atom. The van der Waals surface area contributed by atoms with E-state index in [-0.39, 0.29) is 27.5 Å². The molecule has 1 amide bonds. The van der Waals surface area contributed by atoms with Crippen LogP contribution in [0.3, 0.4) is 0 Å². The third-order valence-corrected chi connectivity index (χ3v) is 9.50. The van der Waals surface area contributed by atoms with Crippen LogP contribution in [0.4, 0.5) is 4.79 Å². The van der Waals surface area contributed by atoms with Gasteiger partial charge in [-0.25, -0.2) is 9.59 Å². The Morgan fingerprint density at radius 2 is 1.43 bits per heavy atom. The normalized spacial score (nSPS) is 17.6. The molecule has 8 heteroatoms. The third kappa shape index (κ3) is 4.46. The lowest BCUT2D eigenvalue weighted by atomic mass is 9.93. The molecule has 0 spiro atoms. The maximum atomic E-state index is 13.0. The highest BCUT2D eigenvalue weighted by molar-refractivity contribution is 14.1. The lowest BCUT2D eigenvalue weighted by Gasteiger charge is -2.49. The highest BCUT2D eigenvalue weighted by Crippen LogP contribution is 2.45. The number of carbonyl (C=O) groups excluding carboxylic acids is 1. The van der Waals surface area contributed by atoms with Gasteiger partial charge in [-0.15, -0.1) is 0 Å². The number of fused-ring (bicyclic) bond motifs is 1. The Morgan fingerprint density at radius 1 is 0.865 bits per heavy atom. The Labute approximate surface area is 229 Å². The van der Waals surface area contributed by atoms with E-state index >= 15 is 0 Å². The number of aromatic amines is 1. The van der Waals surface area contributed by atoms with Gasteiger partial charge in [0.2, 0.25) is 0 Å². The summed E-state index contributed by atoms with van der Waals surface area (Å²) in [5.41, 5.74) is 4.10. The van der Waals surface area contributed by atoms with Crippen LogP contribution in [0.25, 0.3) is 11.0 Å². The van der Waals surface area contributed by atoms with Crippen molar-refractivity contribution >= 4 is 39.7 Å². The van der Waals surface area contributed by atoms with Crippen LogP contribution in [0, 0.1) is 0 Å². The smallest absolute Gasteiger partial charge is 0.410 e. The van der Waals surface area contributed by atoms with Gasteiger partial charge < -0.3 is 14.6 Å². The Bertz CT molecular complexity index is 1400. The van der Waals surface area contributed by atoms with Gasteiger partial charge in [0.1, 0.15) is 9.65 Å². The number of amides is 1. The molecule has 0 unspecified atom stereocenters. The second-order valence-electron chi connectivity index (χ2n) is 9.80. The molecule has 6 rings (SSSR count). The van der Waals surface area contributed by atoms with E-state index in [9.17, 15) is 9.59 Å². The number of alkyl halides is 1. The number of rotatable bonds is 5. The summed E-state index contributed by atoms with van der Waals surface area (Å²) in [5, 5.41) is 0. The molecule has 2 saturated heterocycles. The van der Waals surface area contributed by atoms with Crippen molar-refractivity contribution in [1.29, 1.82) is 0 Å². The van der Waals surface area contributed by atoms with Crippen LogP contribution < -0.4 is 5.69 Å². The summed E-state index contributed by atoms with van der Waals surface area (Å²) in [6.07, 6.45) is 1.06. The molecule has 0 radical (unpaired) electrons. The lowest BCUT2D eigenvalue weighted by molar-refractivity contribution is -0.0453. The zero-order valence-electron chi connectivity index (χ0n) is 20.4. The fraction of sp³-hybridized carbons (Fsp3) is 0.310. The Hall–Kier alpha value is -3.11. The first-order valence-corrected chi connectivity index (χ1v) is 13.8. The summed E-state index contributed by atoms with van der Waals surface area (Å²) in [5.74, 6) is 0. The molecule has 3 aromatic carbocycles. The van der Waals surface area contributed by atoms with E-state index < -0.39 is 0 Å². The lowest BCUT2D eigenvalue weighted by Crippen LogP contribution is -2.60. The first kappa shape index (κ1) is 24.2. The number of ether oxygens (including phenoxy) is 1. The fourth-order valence-electron chi connectivity index (χ4n) is 5.57. The van der Waals surface area contributed by atoms with Crippen LogP contribution in [0.5, 0.6) is 0 Å². The van der Waals surface area contributed by atoms with Gasteiger partial charge in [-0.2, -0.15) is 0 Å². The minimum absolute atomic E-state index is 0.0725. The largest absolute Gasteiger partial charge is 0.443 e. The monoisotopic (exact) mass is 608 g/mol. The number of piperidine rings is 1. The molecule has 0 bridgehead atoms. The maximum absolute atomic E-state index is 13.0. The van der Waals surface area contributed by atoms with Crippen molar-refractivity contribution in [2.24, 2.45) is 0 Å². The van der Waals surface area contributed by atoms with Crippen LogP contribution in [0.15, 0.2) is 89.7 Å². The average Bonchev–Trinajstić information content (AvgIpc) is 3.26. The summed E-state index contributed by atoms with van der Waals surface area (Å²) < 4.78 is 7.43. The average molecular weight is 608 g/mol. The summed E-state index contributed by atoms with van der Waals surface area (Å²) in [7, 11) is 0. The SMILES string of the molecule is O=C(OC1CN(C(I)(c2ccccc2)c2ccccc2)C1)N1CCC(n2c(=O)[nH]c3ccccc32)CC1. The van der Waals surface area contributed by atoms with Crippen molar-refractivity contribution < 1.29 is 9.53 Å². The van der Waals surface area contributed by atoms with E-state index in [2.05, 4.69) is 81.0 Å². The van der Waals surface area contributed by atoms with Gasteiger partial charge in [-0.3, -0.25) is 9.47 Å². The summed E-state index contributed by atoms with van der Waals surface area (Å²) in [6, 6.07) is 28.8. The van der Waals surface area contributed by atoms with Gasteiger partial charge in [-0.1, -0.05) is 95.4 Å². The van der Waals surface area contributed by atoms with Crippen molar-refractivity contribution in [3.8, 4) is 0 Å². The molecule has 3 heterocycles. The molecule has 1 aromatic heterocycles. The molecule has 1 N–H and O–H groups in total. The molecule has 0 saturated carbocycles. The van der Waals surface area contributed by atoms with Crippen LogP contribution in [-0.4, -0.2) is 57.7 Å². The number of carbonyl (C=O) groups is 1. The van der Waals surface area contributed by atoms with Crippen molar-refractivity contribution in [3.05, 3.63) is 107 Å². The zero-order chi connectivity index (χ0) is 25.4. The standard InChI is InChI=1S/C29H29IN4O3/c30-29(21-9-3-1-4-10-21,22-11-5-2-6-12-22)33-19-24(20-33)37-28(36)32-17-15-23(16-18-32)34-26-14-8-7-13-25(26)31-27(34)35/h1-14,23-24H,15-20H2,(H,31,35). The van der Waals surface area contributed by atoms with E-state index in [0.717, 1.165) is 23.9 Å². The van der Waals surface area contributed by atoms with E-state index in [1.165, 1.54) is 11.1 Å². The highest BCUT2D eigenvalue weighted by Gasteiger charge is 2.46. The number of hydrogen-bond acceptors (Lipinski definition) is 4. The number of H-pyrrole nitrogens is 1. The number of para-hydroxylation sites is 2. The quantitative estimate of drug-likeness (QED) is 0.194. The predicted octanol–water partition coefficient (Wildman–Crippen LogP) is 5.12. The van der Waals surface area contributed by atoms with Gasteiger partial charge in [-0.05, 0) is 36.1 Å². The van der Waals surface area contributed by atoms with E-state index in [1.807, 2.05) is 41.0 Å². The molecule has 2 fully saturated rings. The fourth-order valence-corrected chi connectivity index (χ4v) is 6.69. The molecule has 0 aliphatic carbocycles. The second-order valence-corrected chi connectivity index (χ2v) is 11.4. The number of aromatic nitrogens is 2.